The van der Waals surface area contributed by atoms with Crippen LogP contribution in [-0.2, 0) is 0 Å². The Kier molecular flexibility index (Phi) is 2.90. The fraction of sp³-hybridized carbons (Fsp3) is 0.364. The van der Waals surface area contributed by atoms with Crippen molar-refractivity contribution in [1.29, 1.82) is 0 Å². The molecule has 1 heterocycles. The summed E-state index contributed by atoms with van der Waals surface area (Å²) in [6.07, 6.45) is 0.825. The van der Waals surface area contributed by atoms with Gasteiger partial charge in [-0.15, -0.1) is 0 Å². The maximum absolute atomic E-state index is 11.8. The number of benzene rings is 1. The molecule has 0 aromatic heterocycles. The van der Waals surface area contributed by atoms with E-state index in [0.29, 0.717) is 0 Å². The van der Waals surface area contributed by atoms with E-state index >= 15 is 0 Å². The van der Waals surface area contributed by atoms with Gasteiger partial charge in [-0.05, 0) is 37.6 Å². The van der Waals surface area contributed by atoms with Crippen molar-refractivity contribution < 1.29 is 4.79 Å². The van der Waals surface area contributed by atoms with E-state index in [4.69, 9.17) is 0 Å². The van der Waals surface area contributed by atoms with Crippen LogP contribution in [0.2, 0.25) is 0 Å². The molecule has 2 N–H and O–H groups in total. The average Bonchev–Trinajstić information content (AvgIpc) is 2.57. The number of urea groups is 1. The number of hydrogen-bond acceptors (Lipinski definition) is 2. The van der Waals surface area contributed by atoms with Crippen LogP contribution in [0.5, 0.6) is 0 Å². The molecule has 2 rings (SSSR count). The van der Waals surface area contributed by atoms with Gasteiger partial charge in [0.25, 0.3) is 0 Å². The summed E-state index contributed by atoms with van der Waals surface area (Å²) in [6.45, 7) is 3.99. The number of amides is 2. The smallest absolute Gasteiger partial charge is 0.317 e. The number of hydrazine groups is 1. The highest BCUT2D eigenvalue weighted by molar-refractivity contribution is 9.10. The van der Waals surface area contributed by atoms with Crippen LogP contribution in [0.15, 0.2) is 28.7 Å². The second-order valence-electron chi connectivity index (χ2n) is 4.04. The maximum Gasteiger partial charge on any atom is 0.338 e. The lowest BCUT2D eigenvalue weighted by molar-refractivity contribution is 0.247. The normalized spacial score (nSPS) is 24.7. The molecule has 1 unspecified atom stereocenters. The van der Waals surface area contributed by atoms with Gasteiger partial charge in [0.05, 0.1) is 5.69 Å². The number of nitrogens with one attached hydrogen (secondary N) is 2. The zero-order chi connectivity index (χ0) is 11.8. The van der Waals surface area contributed by atoms with Gasteiger partial charge in [-0.25, -0.2) is 15.2 Å². The molecule has 1 aliphatic heterocycles. The van der Waals surface area contributed by atoms with Gasteiger partial charge in [0.2, 0.25) is 0 Å². The van der Waals surface area contributed by atoms with Crippen LogP contribution in [-0.4, -0.2) is 11.7 Å². The topological polar surface area (TPSA) is 44.4 Å². The lowest BCUT2D eigenvalue weighted by Gasteiger charge is -2.23. The molecule has 1 aliphatic rings. The molecule has 0 bridgehead atoms. The van der Waals surface area contributed by atoms with Crippen LogP contribution in [0, 0.1) is 0 Å². The second-order valence-corrected chi connectivity index (χ2v) is 4.96. The number of halogens is 1. The van der Waals surface area contributed by atoms with Gasteiger partial charge in [-0.3, -0.25) is 0 Å². The minimum absolute atomic E-state index is 0.119. The third kappa shape index (κ3) is 2.05. The van der Waals surface area contributed by atoms with Crippen LogP contribution >= 0.6 is 15.9 Å². The summed E-state index contributed by atoms with van der Waals surface area (Å²) in [5.41, 5.74) is 3.63. The Bertz CT molecular complexity index is 406. The van der Waals surface area contributed by atoms with E-state index in [1.807, 2.05) is 38.1 Å². The van der Waals surface area contributed by atoms with Crippen molar-refractivity contribution >= 4 is 27.6 Å². The third-order valence-corrected chi connectivity index (χ3v) is 3.27. The SMILES string of the molecule is CCC1(C)NC(=O)N(c2ccc(Br)cc2)N1. The van der Waals surface area contributed by atoms with E-state index in [9.17, 15) is 4.79 Å². The monoisotopic (exact) mass is 283 g/mol. The first-order chi connectivity index (χ1) is 7.54. The number of nitrogens with zero attached hydrogens (tertiary/aromatic N) is 1. The van der Waals surface area contributed by atoms with Gasteiger partial charge in [-0.2, -0.15) is 0 Å². The molecule has 5 heteroatoms. The fourth-order valence-electron chi connectivity index (χ4n) is 1.56. The molecule has 1 atom stereocenters. The highest BCUT2D eigenvalue weighted by Crippen LogP contribution is 2.22. The predicted molar refractivity (Wildman–Crippen MR) is 67.0 cm³/mol. The standard InChI is InChI=1S/C11H14BrN3O/c1-3-11(2)13-10(16)15(14-11)9-6-4-8(12)5-7-9/h4-7,14H,3H2,1-2H3,(H,13,16). The Hall–Kier alpha value is -1.07. The molecule has 4 nitrogen and oxygen atoms in total. The first kappa shape index (κ1) is 11.4. The summed E-state index contributed by atoms with van der Waals surface area (Å²) in [5.74, 6) is 0. The van der Waals surface area contributed by atoms with Crippen molar-refractivity contribution in [3.8, 4) is 0 Å². The van der Waals surface area contributed by atoms with Gasteiger partial charge in [0, 0.05) is 4.47 Å². The first-order valence-electron chi connectivity index (χ1n) is 5.20. The van der Waals surface area contributed by atoms with Crippen molar-refractivity contribution in [3.05, 3.63) is 28.7 Å². The maximum atomic E-state index is 11.8. The van der Waals surface area contributed by atoms with Crippen LogP contribution in [0.3, 0.4) is 0 Å². The zero-order valence-corrected chi connectivity index (χ0v) is 10.8. The lowest BCUT2D eigenvalue weighted by Crippen LogP contribution is -2.47. The Balaban J connectivity index is 2.23. The number of hydrogen-bond donors (Lipinski definition) is 2. The molecule has 16 heavy (non-hydrogen) atoms. The van der Waals surface area contributed by atoms with E-state index < -0.39 is 0 Å². The molecule has 0 radical (unpaired) electrons. The van der Waals surface area contributed by atoms with Crippen LogP contribution in [0.4, 0.5) is 10.5 Å². The van der Waals surface area contributed by atoms with Crippen molar-refractivity contribution in [3.63, 3.8) is 0 Å². The molecule has 1 aromatic carbocycles. The molecule has 2 amide bonds. The highest BCUT2D eigenvalue weighted by Gasteiger charge is 2.37. The first-order valence-corrected chi connectivity index (χ1v) is 5.99. The molecule has 0 aliphatic carbocycles. The summed E-state index contributed by atoms with van der Waals surface area (Å²) >= 11 is 3.37. The molecule has 1 saturated heterocycles. The molecular formula is C11H14BrN3O. The predicted octanol–water partition coefficient (Wildman–Crippen LogP) is 2.61. The van der Waals surface area contributed by atoms with Crippen LogP contribution in [0.1, 0.15) is 20.3 Å². The number of rotatable bonds is 2. The van der Waals surface area contributed by atoms with E-state index in [0.717, 1.165) is 16.6 Å². The van der Waals surface area contributed by atoms with E-state index in [1.165, 1.54) is 5.01 Å². The minimum Gasteiger partial charge on any atom is -0.317 e. The van der Waals surface area contributed by atoms with Crippen molar-refractivity contribution in [1.82, 2.24) is 10.7 Å². The van der Waals surface area contributed by atoms with Gasteiger partial charge < -0.3 is 5.32 Å². The van der Waals surface area contributed by atoms with Crippen LogP contribution in [0.25, 0.3) is 0 Å². The summed E-state index contributed by atoms with van der Waals surface area (Å²) < 4.78 is 0.995. The molecular weight excluding hydrogens is 270 g/mol. The van der Waals surface area contributed by atoms with E-state index in [2.05, 4.69) is 26.7 Å². The number of carbonyl (C=O) groups excluding carboxylic acids is 1. The molecule has 1 aromatic rings. The number of anilines is 1. The minimum atomic E-state index is -0.357. The molecule has 1 fully saturated rings. The van der Waals surface area contributed by atoms with Gasteiger partial charge in [0.1, 0.15) is 5.66 Å². The average molecular weight is 284 g/mol. The van der Waals surface area contributed by atoms with E-state index in [-0.39, 0.29) is 11.7 Å². The Morgan fingerprint density at radius 1 is 1.38 bits per heavy atom. The molecule has 86 valence electrons. The second kappa shape index (κ2) is 4.07. The summed E-state index contributed by atoms with van der Waals surface area (Å²) in [6, 6.07) is 7.47. The Morgan fingerprint density at radius 2 is 2.00 bits per heavy atom. The Morgan fingerprint density at radius 3 is 2.50 bits per heavy atom. The molecule has 0 saturated carbocycles. The van der Waals surface area contributed by atoms with Gasteiger partial charge >= 0.3 is 6.03 Å². The van der Waals surface area contributed by atoms with Gasteiger partial charge in [0.15, 0.2) is 0 Å². The summed E-state index contributed by atoms with van der Waals surface area (Å²) in [5, 5.41) is 4.44. The van der Waals surface area contributed by atoms with E-state index in [1.54, 1.807) is 0 Å². The lowest BCUT2D eigenvalue weighted by atomic mass is 10.2. The third-order valence-electron chi connectivity index (χ3n) is 2.74. The van der Waals surface area contributed by atoms with Crippen molar-refractivity contribution in [2.45, 2.75) is 25.9 Å². The molecule has 0 spiro atoms. The van der Waals surface area contributed by atoms with Crippen molar-refractivity contribution in [2.24, 2.45) is 0 Å². The highest BCUT2D eigenvalue weighted by atomic mass is 79.9. The van der Waals surface area contributed by atoms with Crippen LogP contribution < -0.4 is 15.8 Å². The fourth-order valence-corrected chi connectivity index (χ4v) is 1.82. The largest absolute Gasteiger partial charge is 0.338 e. The zero-order valence-electron chi connectivity index (χ0n) is 9.25. The summed E-state index contributed by atoms with van der Waals surface area (Å²) in [4.78, 5) is 11.8. The van der Waals surface area contributed by atoms with Crippen molar-refractivity contribution in [2.75, 3.05) is 5.01 Å². The van der Waals surface area contributed by atoms with Gasteiger partial charge in [-0.1, -0.05) is 22.9 Å². The quantitative estimate of drug-likeness (QED) is 0.876. The Labute approximate surface area is 103 Å². The number of carbonyl (C=O) groups is 1. The summed E-state index contributed by atoms with van der Waals surface area (Å²) in [7, 11) is 0.